The predicted octanol–water partition coefficient (Wildman–Crippen LogP) is 1.88. The van der Waals surface area contributed by atoms with Gasteiger partial charge in [0.15, 0.2) is 0 Å². The van der Waals surface area contributed by atoms with Gasteiger partial charge in [0.25, 0.3) is 0 Å². The topological polar surface area (TPSA) is 38.0 Å². The molecule has 17 heavy (non-hydrogen) atoms. The highest BCUT2D eigenvalue weighted by atomic mass is 19.1. The number of halogens is 1. The molecule has 0 spiro atoms. The lowest BCUT2D eigenvalue weighted by Crippen LogP contribution is -2.09. The summed E-state index contributed by atoms with van der Waals surface area (Å²) in [5.74, 6) is -0.490. The van der Waals surface area contributed by atoms with Crippen LogP contribution in [-0.2, 0) is 13.5 Å². The number of aliphatic hydroxyl groups excluding tert-OH is 1. The Labute approximate surface area is 99.5 Å². The summed E-state index contributed by atoms with van der Waals surface area (Å²) < 4.78 is 15.3. The molecule has 1 aromatic heterocycles. The average Bonchev–Trinajstić information content (AvgIpc) is 2.73. The van der Waals surface area contributed by atoms with E-state index in [2.05, 4.69) is 5.10 Å². The van der Waals surface area contributed by atoms with Crippen LogP contribution in [0.3, 0.4) is 0 Å². The molecular formula is C13H15FN2O. The first-order valence-corrected chi connectivity index (χ1v) is 5.53. The van der Waals surface area contributed by atoms with E-state index in [4.69, 9.17) is 0 Å². The number of nitrogens with zero attached hydrogens (tertiary/aromatic N) is 2. The maximum atomic E-state index is 13.6. The Balaban J connectivity index is 2.20. The number of aryl methyl sites for hydroxylation is 1. The second-order valence-corrected chi connectivity index (χ2v) is 4.13. The monoisotopic (exact) mass is 234 g/mol. The van der Waals surface area contributed by atoms with E-state index in [1.165, 1.54) is 6.07 Å². The van der Waals surface area contributed by atoms with Gasteiger partial charge in [0.05, 0.1) is 12.8 Å². The van der Waals surface area contributed by atoms with E-state index >= 15 is 0 Å². The Morgan fingerprint density at radius 1 is 1.41 bits per heavy atom. The molecule has 0 saturated heterocycles. The maximum Gasteiger partial charge on any atom is 0.126 e. The molecule has 0 saturated carbocycles. The van der Waals surface area contributed by atoms with Gasteiger partial charge in [-0.3, -0.25) is 4.68 Å². The van der Waals surface area contributed by atoms with Crippen molar-refractivity contribution in [3.05, 3.63) is 53.6 Å². The number of rotatable bonds is 4. The van der Waals surface area contributed by atoms with E-state index in [1.54, 1.807) is 29.1 Å². The summed E-state index contributed by atoms with van der Waals surface area (Å²) in [5.41, 5.74) is 1.55. The fourth-order valence-electron chi connectivity index (χ4n) is 1.94. The molecule has 4 heteroatoms. The lowest BCUT2D eigenvalue weighted by molar-refractivity contribution is 0.261. The molecule has 1 unspecified atom stereocenters. The number of hydrogen-bond donors (Lipinski definition) is 1. The molecule has 0 aliphatic carbocycles. The fraction of sp³-hybridized carbons (Fsp3) is 0.308. The Bertz CT molecular complexity index is 496. The zero-order valence-electron chi connectivity index (χ0n) is 9.68. The van der Waals surface area contributed by atoms with Gasteiger partial charge in [-0.2, -0.15) is 5.10 Å². The summed E-state index contributed by atoms with van der Waals surface area (Å²) in [6.07, 6.45) is 4.21. The zero-order valence-corrected chi connectivity index (χ0v) is 9.68. The van der Waals surface area contributed by atoms with Gasteiger partial charge in [0.2, 0.25) is 0 Å². The molecule has 1 atom stereocenters. The molecule has 1 aromatic carbocycles. The Morgan fingerprint density at radius 2 is 2.18 bits per heavy atom. The Morgan fingerprint density at radius 3 is 2.76 bits per heavy atom. The van der Waals surface area contributed by atoms with Gasteiger partial charge < -0.3 is 5.11 Å². The average molecular weight is 234 g/mol. The molecule has 1 heterocycles. The minimum Gasteiger partial charge on any atom is -0.396 e. The van der Waals surface area contributed by atoms with Crippen LogP contribution < -0.4 is 0 Å². The minimum atomic E-state index is -0.268. The third-order valence-electron chi connectivity index (χ3n) is 2.81. The van der Waals surface area contributed by atoms with E-state index in [-0.39, 0.29) is 18.3 Å². The number of aliphatic hydroxyl groups is 1. The van der Waals surface area contributed by atoms with Gasteiger partial charge in [0, 0.05) is 19.2 Å². The Hall–Kier alpha value is -1.68. The zero-order chi connectivity index (χ0) is 12.3. The fourth-order valence-corrected chi connectivity index (χ4v) is 1.94. The van der Waals surface area contributed by atoms with Gasteiger partial charge in [-0.05, 0) is 23.6 Å². The lowest BCUT2D eigenvalue weighted by Gasteiger charge is -2.14. The molecule has 0 aliphatic heterocycles. The van der Waals surface area contributed by atoms with Crippen LogP contribution >= 0.6 is 0 Å². The van der Waals surface area contributed by atoms with E-state index in [0.29, 0.717) is 12.0 Å². The number of benzene rings is 1. The van der Waals surface area contributed by atoms with E-state index < -0.39 is 0 Å². The molecule has 1 N–H and O–H groups in total. The first-order valence-electron chi connectivity index (χ1n) is 5.53. The quantitative estimate of drug-likeness (QED) is 0.877. The summed E-state index contributed by atoms with van der Waals surface area (Å²) in [6, 6.07) is 6.56. The van der Waals surface area contributed by atoms with Crippen molar-refractivity contribution in [2.45, 2.75) is 12.3 Å². The standard InChI is InChI=1S/C13H15FN2O/c1-16-8-10(7-15-16)6-11(9-17)12-4-2-3-5-13(12)14/h2-5,7-8,11,17H,6,9H2,1H3. The first kappa shape index (κ1) is 11.8. The van der Waals surface area contributed by atoms with Crippen molar-refractivity contribution >= 4 is 0 Å². The largest absolute Gasteiger partial charge is 0.396 e. The van der Waals surface area contributed by atoms with Crippen LogP contribution in [-0.4, -0.2) is 21.5 Å². The van der Waals surface area contributed by atoms with Gasteiger partial charge in [-0.15, -0.1) is 0 Å². The number of aromatic nitrogens is 2. The number of hydrogen-bond acceptors (Lipinski definition) is 2. The van der Waals surface area contributed by atoms with Gasteiger partial charge >= 0.3 is 0 Å². The predicted molar refractivity (Wildman–Crippen MR) is 63.1 cm³/mol. The van der Waals surface area contributed by atoms with E-state index in [9.17, 15) is 9.50 Å². The highest BCUT2D eigenvalue weighted by molar-refractivity contribution is 5.24. The van der Waals surface area contributed by atoms with Crippen molar-refractivity contribution < 1.29 is 9.50 Å². The highest BCUT2D eigenvalue weighted by Gasteiger charge is 2.15. The molecule has 2 aromatic rings. The van der Waals surface area contributed by atoms with E-state index in [1.807, 2.05) is 13.2 Å². The van der Waals surface area contributed by atoms with Crippen LogP contribution in [0.5, 0.6) is 0 Å². The lowest BCUT2D eigenvalue weighted by atomic mass is 9.93. The van der Waals surface area contributed by atoms with Crippen LogP contribution in [0.25, 0.3) is 0 Å². The van der Waals surface area contributed by atoms with Gasteiger partial charge in [-0.1, -0.05) is 18.2 Å². The molecule has 0 bridgehead atoms. The minimum absolute atomic E-state index is 0.0736. The molecule has 0 amide bonds. The normalized spacial score (nSPS) is 12.6. The Kier molecular flexibility index (Phi) is 3.54. The summed E-state index contributed by atoms with van der Waals surface area (Å²) in [5, 5.41) is 13.4. The summed E-state index contributed by atoms with van der Waals surface area (Å²) >= 11 is 0. The molecule has 90 valence electrons. The molecule has 3 nitrogen and oxygen atoms in total. The molecule has 2 rings (SSSR count). The second-order valence-electron chi connectivity index (χ2n) is 4.13. The van der Waals surface area contributed by atoms with Gasteiger partial charge in [0.1, 0.15) is 5.82 Å². The molecule has 0 fully saturated rings. The van der Waals surface area contributed by atoms with Crippen molar-refractivity contribution in [2.75, 3.05) is 6.61 Å². The molecule has 0 radical (unpaired) electrons. The van der Waals surface area contributed by atoms with Crippen molar-refractivity contribution in [2.24, 2.45) is 7.05 Å². The maximum absolute atomic E-state index is 13.6. The van der Waals surface area contributed by atoms with E-state index in [0.717, 1.165) is 5.56 Å². The molecule has 0 aliphatic rings. The van der Waals surface area contributed by atoms with Crippen LogP contribution in [0.15, 0.2) is 36.7 Å². The smallest absolute Gasteiger partial charge is 0.126 e. The van der Waals surface area contributed by atoms with Crippen molar-refractivity contribution in [3.63, 3.8) is 0 Å². The van der Waals surface area contributed by atoms with Crippen molar-refractivity contribution in [1.29, 1.82) is 0 Å². The van der Waals surface area contributed by atoms with Crippen LogP contribution in [0, 0.1) is 5.82 Å². The second kappa shape index (κ2) is 5.10. The van der Waals surface area contributed by atoms with Crippen molar-refractivity contribution in [3.8, 4) is 0 Å². The van der Waals surface area contributed by atoms with Crippen LogP contribution in [0.2, 0.25) is 0 Å². The summed E-state index contributed by atoms with van der Waals surface area (Å²) in [4.78, 5) is 0. The third kappa shape index (κ3) is 2.71. The van der Waals surface area contributed by atoms with Crippen LogP contribution in [0.1, 0.15) is 17.0 Å². The summed E-state index contributed by atoms with van der Waals surface area (Å²) in [7, 11) is 1.83. The third-order valence-corrected chi connectivity index (χ3v) is 2.81. The first-order chi connectivity index (χ1) is 8.20. The highest BCUT2D eigenvalue weighted by Crippen LogP contribution is 2.22. The van der Waals surface area contributed by atoms with Crippen LogP contribution in [0.4, 0.5) is 4.39 Å². The molecular weight excluding hydrogens is 219 g/mol. The van der Waals surface area contributed by atoms with Gasteiger partial charge in [-0.25, -0.2) is 4.39 Å². The van der Waals surface area contributed by atoms with Crippen molar-refractivity contribution in [1.82, 2.24) is 9.78 Å². The summed E-state index contributed by atoms with van der Waals surface area (Å²) in [6.45, 7) is -0.0736. The SMILES string of the molecule is Cn1cc(CC(CO)c2ccccc2F)cn1.